The monoisotopic (exact) mass is 352 g/mol. The zero-order valence-corrected chi connectivity index (χ0v) is 15.0. The fraction of sp³-hybridized carbons (Fsp3) is 0.350. The molecule has 1 aliphatic rings. The van der Waals surface area contributed by atoms with E-state index >= 15 is 0 Å². The number of piperazine rings is 1. The fourth-order valence-corrected chi connectivity index (χ4v) is 3.06. The van der Waals surface area contributed by atoms with E-state index in [1.807, 2.05) is 24.3 Å². The number of anilines is 1. The molecule has 2 heterocycles. The Morgan fingerprint density at radius 1 is 1.04 bits per heavy atom. The van der Waals surface area contributed by atoms with Crippen LogP contribution in [0.5, 0.6) is 0 Å². The molecule has 1 saturated heterocycles. The lowest BCUT2D eigenvalue weighted by molar-refractivity contribution is -0.130. The first-order valence-electron chi connectivity index (χ1n) is 8.91. The van der Waals surface area contributed by atoms with Crippen LogP contribution in [0.3, 0.4) is 0 Å². The predicted octanol–water partition coefficient (Wildman–Crippen LogP) is 2.04. The minimum atomic E-state index is -0.0348. The molecule has 26 heavy (non-hydrogen) atoms. The van der Waals surface area contributed by atoms with E-state index < -0.39 is 0 Å². The number of nitrogens with zero attached hydrogens (tertiary/aromatic N) is 3. The number of carbonyl (C=O) groups excluding carboxylic acids is 2. The van der Waals surface area contributed by atoms with Crippen molar-refractivity contribution in [1.82, 2.24) is 14.8 Å². The number of aromatic nitrogens is 1. The second kappa shape index (κ2) is 8.47. The Balaban J connectivity index is 1.55. The highest BCUT2D eigenvalue weighted by molar-refractivity contribution is 5.95. The summed E-state index contributed by atoms with van der Waals surface area (Å²) in [6.07, 6.45) is 4.24. The number of benzene rings is 1. The zero-order valence-electron chi connectivity index (χ0n) is 15.0. The quantitative estimate of drug-likeness (QED) is 0.894. The van der Waals surface area contributed by atoms with Gasteiger partial charge in [-0.3, -0.25) is 14.6 Å². The Hall–Kier alpha value is -2.89. The van der Waals surface area contributed by atoms with Gasteiger partial charge >= 0.3 is 0 Å². The molecule has 0 radical (unpaired) electrons. The first kappa shape index (κ1) is 17.9. The topological polar surface area (TPSA) is 65.5 Å². The molecule has 6 heteroatoms. The average Bonchev–Trinajstić information content (AvgIpc) is 2.68. The van der Waals surface area contributed by atoms with Crippen molar-refractivity contribution in [2.24, 2.45) is 0 Å². The molecule has 0 unspecified atom stereocenters. The van der Waals surface area contributed by atoms with Gasteiger partial charge in [0, 0.05) is 52.0 Å². The first-order valence-corrected chi connectivity index (χ1v) is 8.91. The van der Waals surface area contributed by atoms with E-state index in [2.05, 4.69) is 22.4 Å². The van der Waals surface area contributed by atoms with Gasteiger partial charge in [0.2, 0.25) is 5.91 Å². The van der Waals surface area contributed by atoms with Gasteiger partial charge < -0.3 is 15.1 Å². The summed E-state index contributed by atoms with van der Waals surface area (Å²) in [5, 5.41) is 3.33. The summed E-state index contributed by atoms with van der Waals surface area (Å²) in [7, 11) is 0. The molecule has 1 aliphatic heterocycles. The maximum atomic E-state index is 12.7. The van der Waals surface area contributed by atoms with Crippen LogP contribution in [-0.2, 0) is 11.2 Å². The van der Waals surface area contributed by atoms with E-state index in [4.69, 9.17) is 0 Å². The van der Waals surface area contributed by atoms with Gasteiger partial charge in [-0.25, -0.2) is 0 Å². The van der Waals surface area contributed by atoms with Gasteiger partial charge in [0.05, 0.1) is 11.3 Å². The Kier molecular flexibility index (Phi) is 5.84. The summed E-state index contributed by atoms with van der Waals surface area (Å²) < 4.78 is 0. The van der Waals surface area contributed by atoms with Gasteiger partial charge in [0.15, 0.2) is 0 Å². The maximum Gasteiger partial charge on any atom is 0.255 e. The molecule has 6 nitrogen and oxygen atoms in total. The molecule has 1 fully saturated rings. The number of pyridine rings is 1. The molecule has 1 aromatic heterocycles. The van der Waals surface area contributed by atoms with Crippen molar-refractivity contribution in [2.75, 3.05) is 38.0 Å². The molecule has 2 aromatic rings. The lowest BCUT2D eigenvalue weighted by atomic mass is 10.1. The largest absolute Gasteiger partial charge is 0.383 e. The maximum absolute atomic E-state index is 12.7. The Bertz CT molecular complexity index is 755. The van der Waals surface area contributed by atoms with E-state index in [-0.39, 0.29) is 11.8 Å². The van der Waals surface area contributed by atoms with Crippen LogP contribution in [0.1, 0.15) is 22.8 Å². The highest BCUT2D eigenvalue weighted by Crippen LogP contribution is 2.13. The normalized spacial score (nSPS) is 14.2. The molecule has 0 bridgehead atoms. The highest BCUT2D eigenvalue weighted by Gasteiger charge is 2.23. The molecule has 1 N–H and O–H groups in total. The van der Waals surface area contributed by atoms with Crippen molar-refractivity contribution in [3.63, 3.8) is 0 Å². The van der Waals surface area contributed by atoms with Crippen molar-refractivity contribution in [3.8, 4) is 0 Å². The standard InChI is InChI=1S/C20H24N4O2/c1-16(25)23-9-11-24(12-10-23)20(26)18-13-19(15-21-14-18)22-8-7-17-5-3-2-4-6-17/h2-6,13-15,22H,7-12H2,1H3. The minimum absolute atomic E-state index is 0.0348. The third kappa shape index (κ3) is 4.59. The van der Waals surface area contributed by atoms with E-state index in [0.717, 1.165) is 18.7 Å². The summed E-state index contributed by atoms with van der Waals surface area (Å²) in [6, 6.07) is 12.1. The Labute approximate surface area is 153 Å². The second-order valence-electron chi connectivity index (χ2n) is 6.42. The van der Waals surface area contributed by atoms with Crippen molar-refractivity contribution >= 4 is 17.5 Å². The van der Waals surface area contributed by atoms with Crippen molar-refractivity contribution in [1.29, 1.82) is 0 Å². The molecule has 0 spiro atoms. The van der Waals surface area contributed by atoms with E-state index in [0.29, 0.717) is 31.7 Å². The molecule has 1 aromatic carbocycles. The van der Waals surface area contributed by atoms with Crippen LogP contribution in [0, 0.1) is 0 Å². The third-order valence-electron chi connectivity index (χ3n) is 4.58. The van der Waals surface area contributed by atoms with Gasteiger partial charge in [-0.15, -0.1) is 0 Å². The number of amides is 2. The lowest BCUT2D eigenvalue weighted by Crippen LogP contribution is -2.50. The van der Waals surface area contributed by atoms with E-state index in [9.17, 15) is 9.59 Å². The zero-order chi connectivity index (χ0) is 18.4. The SMILES string of the molecule is CC(=O)N1CCN(C(=O)c2cncc(NCCc3ccccc3)c2)CC1. The minimum Gasteiger partial charge on any atom is -0.383 e. The fourth-order valence-electron chi connectivity index (χ4n) is 3.06. The average molecular weight is 352 g/mol. The van der Waals surface area contributed by atoms with Crippen molar-refractivity contribution in [3.05, 3.63) is 59.9 Å². The highest BCUT2D eigenvalue weighted by atomic mass is 16.2. The molecular weight excluding hydrogens is 328 g/mol. The van der Waals surface area contributed by atoms with Gasteiger partial charge in [-0.2, -0.15) is 0 Å². The van der Waals surface area contributed by atoms with Crippen LogP contribution >= 0.6 is 0 Å². The summed E-state index contributed by atoms with van der Waals surface area (Å²) in [4.78, 5) is 31.8. The second-order valence-corrected chi connectivity index (χ2v) is 6.42. The number of carbonyl (C=O) groups is 2. The molecule has 136 valence electrons. The van der Waals surface area contributed by atoms with Crippen LogP contribution < -0.4 is 5.32 Å². The van der Waals surface area contributed by atoms with Crippen LogP contribution in [0.4, 0.5) is 5.69 Å². The summed E-state index contributed by atoms with van der Waals surface area (Å²) in [5.41, 5.74) is 2.68. The van der Waals surface area contributed by atoms with Gasteiger partial charge in [-0.05, 0) is 18.1 Å². The molecular formula is C20H24N4O2. The lowest BCUT2D eigenvalue weighted by Gasteiger charge is -2.34. The number of hydrogen-bond donors (Lipinski definition) is 1. The summed E-state index contributed by atoms with van der Waals surface area (Å²) >= 11 is 0. The van der Waals surface area contributed by atoms with Crippen LogP contribution in [-0.4, -0.2) is 59.3 Å². The summed E-state index contributed by atoms with van der Waals surface area (Å²) in [6.45, 7) is 4.63. The Morgan fingerprint density at radius 2 is 1.73 bits per heavy atom. The van der Waals surface area contributed by atoms with Crippen LogP contribution in [0.15, 0.2) is 48.8 Å². The molecule has 0 saturated carbocycles. The van der Waals surface area contributed by atoms with Gasteiger partial charge in [-0.1, -0.05) is 30.3 Å². The Morgan fingerprint density at radius 3 is 2.42 bits per heavy atom. The van der Waals surface area contributed by atoms with Crippen molar-refractivity contribution < 1.29 is 9.59 Å². The third-order valence-corrected chi connectivity index (χ3v) is 4.58. The number of hydrogen-bond acceptors (Lipinski definition) is 4. The van der Waals surface area contributed by atoms with E-state index in [1.54, 1.807) is 29.1 Å². The summed E-state index contributed by atoms with van der Waals surface area (Å²) in [5.74, 6) is 0.0239. The van der Waals surface area contributed by atoms with Crippen LogP contribution in [0.2, 0.25) is 0 Å². The van der Waals surface area contributed by atoms with Gasteiger partial charge in [0.1, 0.15) is 0 Å². The van der Waals surface area contributed by atoms with Gasteiger partial charge in [0.25, 0.3) is 5.91 Å². The smallest absolute Gasteiger partial charge is 0.255 e. The number of nitrogens with one attached hydrogen (secondary N) is 1. The van der Waals surface area contributed by atoms with Crippen LogP contribution in [0.25, 0.3) is 0 Å². The molecule has 0 atom stereocenters. The predicted molar refractivity (Wildman–Crippen MR) is 101 cm³/mol. The van der Waals surface area contributed by atoms with Crippen molar-refractivity contribution in [2.45, 2.75) is 13.3 Å². The molecule has 2 amide bonds. The molecule has 3 rings (SSSR count). The number of rotatable bonds is 5. The van der Waals surface area contributed by atoms with E-state index in [1.165, 1.54) is 5.56 Å². The first-order chi connectivity index (χ1) is 12.6. The molecule has 0 aliphatic carbocycles.